The van der Waals surface area contributed by atoms with Crippen LogP contribution in [0, 0.1) is 5.92 Å². The molecule has 0 saturated carbocycles. The Balaban J connectivity index is 1.51. The summed E-state index contributed by atoms with van der Waals surface area (Å²) in [5.74, 6) is 0.801. The molecule has 6 rings (SSSR count). The molecule has 2 aromatic heterocycles. The molecule has 0 spiro atoms. The number of aromatic nitrogens is 1. The van der Waals surface area contributed by atoms with Gasteiger partial charge >= 0.3 is 0 Å². The van der Waals surface area contributed by atoms with Crippen LogP contribution in [0.25, 0.3) is 22.1 Å². The zero-order chi connectivity index (χ0) is 26.4. The number of nitrogens with zero attached hydrogens (tertiary/aromatic N) is 3. The van der Waals surface area contributed by atoms with Crippen molar-refractivity contribution in [2.24, 2.45) is 15.9 Å². The van der Waals surface area contributed by atoms with E-state index in [0.29, 0.717) is 18.1 Å². The van der Waals surface area contributed by atoms with Crippen LogP contribution in [0.2, 0.25) is 0 Å². The molecule has 4 nitrogen and oxygen atoms in total. The number of hydrogen-bond donors (Lipinski definition) is 0. The van der Waals surface area contributed by atoms with Gasteiger partial charge in [-0.25, -0.2) is 4.98 Å². The molecule has 0 fully saturated rings. The molecule has 4 heterocycles. The Morgan fingerprint density at radius 1 is 1.00 bits per heavy atom. The standard InChI is InChI=1S/C34H33N3O/c1-6-29-25-11-9-8-10-24(25)26-15-12-22-13-16-27-28-17-14-23(18-20(3)4)36-34(28)38-33(27)32(22)30(7-2)35-21(5)19-31(26)37-29/h6-11,13-14,16-17,20,26,31H,1-2,5,12,15,18-19H2,3-4H3. The molecule has 2 aliphatic heterocycles. The average molecular weight is 500 g/mol. The van der Waals surface area contributed by atoms with E-state index in [0.717, 1.165) is 64.0 Å². The molecule has 0 radical (unpaired) electrons. The highest BCUT2D eigenvalue weighted by molar-refractivity contribution is 6.19. The zero-order valence-electron chi connectivity index (χ0n) is 22.2. The third-order valence-corrected chi connectivity index (χ3v) is 7.76. The maximum Gasteiger partial charge on any atom is 0.227 e. The monoisotopic (exact) mass is 499 g/mol. The van der Waals surface area contributed by atoms with Gasteiger partial charge in [-0.3, -0.25) is 9.98 Å². The lowest BCUT2D eigenvalue weighted by Gasteiger charge is -2.32. The van der Waals surface area contributed by atoms with E-state index >= 15 is 0 Å². The topological polar surface area (TPSA) is 50.8 Å². The molecule has 0 saturated heterocycles. The summed E-state index contributed by atoms with van der Waals surface area (Å²) >= 11 is 0. The molecule has 0 N–H and O–H groups in total. The van der Waals surface area contributed by atoms with Crippen LogP contribution in [0.15, 0.2) is 101 Å². The molecule has 0 bridgehead atoms. The predicted octanol–water partition coefficient (Wildman–Crippen LogP) is 8.15. The minimum atomic E-state index is 0.0697. The van der Waals surface area contributed by atoms with E-state index in [1.54, 1.807) is 0 Å². The van der Waals surface area contributed by atoms with Crippen molar-refractivity contribution in [2.75, 3.05) is 0 Å². The highest BCUT2D eigenvalue weighted by atomic mass is 16.3. The first-order valence-corrected chi connectivity index (χ1v) is 13.5. The number of fused-ring (bicyclic) bond motifs is 8. The van der Waals surface area contributed by atoms with Gasteiger partial charge in [-0.05, 0) is 60.6 Å². The van der Waals surface area contributed by atoms with Gasteiger partial charge in [0.1, 0.15) is 5.58 Å². The van der Waals surface area contributed by atoms with E-state index in [1.807, 2.05) is 12.2 Å². The summed E-state index contributed by atoms with van der Waals surface area (Å²) in [6.07, 6.45) is 7.12. The molecule has 2 unspecified atom stereocenters. The first-order valence-electron chi connectivity index (χ1n) is 13.5. The summed E-state index contributed by atoms with van der Waals surface area (Å²) in [5.41, 5.74) is 9.80. The van der Waals surface area contributed by atoms with Crippen molar-refractivity contribution < 1.29 is 4.42 Å². The largest absolute Gasteiger partial charge is 0.437 e. The number of rotatable bonds is 4. The van der Waals surface area contributed by atoms with Gasteiger partial charge in [0.15, 0.2) is 0 Å². The molecule has 2 atom stereocenters. The molecular formula is C34H33N3O. The highest BCUT2D eigenvalue weighted by Gasteiger charge is 2.32. The third kappa shape index (κ3) is 4.14. The number of aliphatic imine (C=N–C) groups is 2. The Morgan fingerprint density at radius 3 is 2.58 bits per heavy atom. The van der Waals surface area contributed by atoms with Crippen LogP contribution in [0.4, 0.5) is 0 Å². The fraction of sp³-hybridized carbons (Fsp3) is 0.265. The molecular weight excluding hydrogens is 466 g/mol. The van der Waals surface area contributed by atoms with Gasteiger partial charge in [0, 0.05) is 45.6 Å². The summed E-state index contributed by atoms with van der Waals surface area (Å²) in [4.78, 5) is 15.0. The Labute approximate surface area is 224 Å². The lowest BCUT2D eigenvalue weighted by atomic mass is 9.78. The minimum absolute atomic E-state index is 0.0697. The van der Waals surface area contributed by atoms with Crippen LogP contribution in [0.1, 0.15) is 60.6 Å². The number of aryl methyl sites for hydroxylation is 1. The van der Waals surface area contributed by atoms with Crippen molar-refractivity contribution in [1.82, 2.24) is 4.98 Å². The predicted molar refractivity (Wildman–Crippen MR) is 159 cm³/mol. The van der Waals surface area contributed by atoms with Crippen molar-refractivity contribution in [1.29, 1.82) is 0 Å². The zero-order valence-corrected chi connectivity index (χ0v) is 22.2. The smallest absolute Gasteiger partial charge is 0.227 e. The normalized spacial score (nSPS) is 19.4. The summed E-state index contributed by atoms with van der Waals surface area (Å²) in [7, 11) is 0. The second kappa shape index (κ2) is 9.68. The lowest BCUT2D eigenvalue weighted by Crippen LogP contribution is -2.27. The SMILES string of the molecule is C=CC1=NC2CC(=C)N=C(C=C)c3c(ccc4c3oc3nc(CC(C)C)ccc34)CCC2c2ccccc21. The summed E-state index contributed by atoms with van der Waals surface area (Å²) < 4.78 is 6.50. The first kappa shape index (κ1) is 24.3. The van der Waals surface area contributed by atoms with E-state index < -0.39 is 0 Å². The summed E-state index contributed by atoms with van der Waals surface area (Å²) in [5, 5.41) is 2.09. The second-order valence-corrected chi connectivity index (χ2v) is 10.8. The van der Waals surface area contributed by atoms with Gasteiger partial charge in [0.25, 0.3) is 0 Å². The van der Waals surface area contributed by atoms with E-state index in [-0.39, 0.29) is 12.0 Å². The van der Waals surface area contributed by atoms with Crippen molar-refractivity contribution in [2.45, 2.75) is 51.5 Å². The molecule has 4 heteroatoms. The van der Waals surface area contributed by atoms with Crippen LogP contribution >= 0.6 is 0 Å². The van der Waals surface area contributed by atoms with E-state index in [1.165, 1.54) is 16.7 Å². The van der Waals surface area contributed by atoms with Crippen LogP contribution in [0.3, 0.4) is 0 Å². The number of furan rings is 1. The molecule has 0 aliphatic carbocycles. The number of hydrogen-bond acceptors (Lipinski definition) is 4. The summed E-state index contributed by atoms with van der Waals surface area (Å²) in [6.45, 7) is 16.9. The van der Waals surface area contributed by atoms with E-state index in [9.17, 15) is 0 Å². The van der Waals surface area contributed by atoms with Gasteiger partial charge in [-0.1, -0.05) is 70.0 Å². The Bertz CT molecular complexity index is 1670. The van der Waals surface area contributed by atoms with Gasteiger partial charge < -0.3 is 4.42 Å². The van der Waals surface area contributed by atoms with E-state index in [2.05, 4.69) is 82.1 Å². The van der Waals surface area contributed by atoms with Crippen LogP contribution in [-0.4, -0.2) is 22.4 Å². The van der Waals surface area contributed by atoms with Gasteiger partial charge in [0.2, 0.25) is 5.71 Å². The van der Waals surface area contributed by atoms with Gasteiger partial charge in [-0.15, -0.1) is 0 Å². The number of benzene rings is 2. The van der Waals surface area contributed by atoms with Crippen LogP contribution in [0.5, 0.6) is 0 Å². The molecule has 2 aliphatic rings. The maximum atomic E-state index is 6.50. The fourth-order valence-corrected chi connectivity index (χ4v) is 6.09. The molecule has 0 amide bonds. The molecule has 4 aromatic rings. The van der Waals surface area contributed by atoms with Crippen molar-refractivity contribution >= 4 is 33.5 Å². The quantitative estimate of drug-likeness (QED) is 0.284. The van der Waals surface area contributed by atoms with Gasteiger partial charge in [0.05, 0.1) is 17.5 Å². The Kier molecular flexibility index (Phi) is 6.19. The number of pyridine rings is 1. The highest BCUT2D eigenvalue weighted by Crippen LogP contribution is 2.40. The molecule has 2 aromatic carbocycles. The third-order valence-electron chi connectivity index (χ3n) is 7.76. The maximum absolute atomic E-state index is 6.50. The second-order valence-electron chi connectivity index (χ2n) is 10.8. The Morgan fingerprint density at radius 2 is 1.79 bits per heavy atom. The molecule has 190 valence electrons. The molecule has 38 heavy (non-hydrogen) atoms. The number of allylic oxidation sites excluding steroid dienone is 2. The summed E-state index contributed by atoms with van der Waals surface area (Å²) in [6, 6.07) is 17.3. The van der Waals surface area contributed by atoms with Crippen molar-refractivity contribution in [3.63, 3.8) is 0 Å². The first-order chi connectivity index (χ1) is 18.5. The van der Waals surface area contributed by atoms with Crippen molar-refractivity contribution in [3.05, 3.63) is 114 Å². The van der Waals surface area contributed by atoms with Gasteiger partial charge in [-0.2, -0.15) is 0 Å². The lowest BCUT2D eigenvalue weighted by molar-refractivity contribution is 0.490. The van der Waals surface area contributed by atoms with Crippen molar-refractivity contribution in [3.8, 4) is 0 Å². The van der Waals surface area contributed by atoms with E-state index in [4.69, 9.17) is 19.4 Å². The van der Waals surface area contributed by atoms with Crippen LogP contribution < -0.4 is 0 Å². The Hall–Kier alpha value is -4.05. The van der Waals surface area contributed by atoms with Crippen LogP contribution in [-0.2, 0) is 12.8 Å². The fourth-order valence-electron chi connectivity index (χ4n) is 6.09. The average Bonchev–Trinajstić information content (AvgIpc) is 3.27. The minimum Gasteiger partial charge on any atom is -0.437 e.